The highest BCUT2D eigenvalue weighted by atomic mass is 32.1. The van der Waals surface area contributed by atoms with Crippen LogP contribution in [0.5, 0.6) is 0 Å². The molecule has 0 aromatic carbocycles. The molecule has 116 valence electrons. The quantitative estimate of drug-likeness (QED) is 0.897. The summed E-state index contributed by atoms with van der Waals surface area (Å²) in [7, 11) is 0. The Kier molecular flexibility index (Phi) is 4.80. The number of rotatable bonds is 4. The zero-order valence-electron chi connectivity index (χ0n) is 13.0. The third kappa shape index (κ3) is 3.77. The van der Waals surface area contributed by atoms with Gasteiger partial charge in [0.2, 0.25) is 0 Å². The van der Waals surface area contributed by atoms with Crippen LogP contribution in [-0.4, -0.2) is 43.1 Å². The van der Waals surface area contributed by atoms with E-state index in [1.54, 1.807) is 0 Å². The second-order valence-corrected chi connectivity index (χ2v) is 7.34. The molecule has 0 saturated carbocycles. The minimum Gasteiger partial charge on any atom is -0.354 e. The van der Waals surface area contributed by atoms with Crippen molar-refractivity contribution in [3.63, 3.8) is 0 Å². The van der Waals surface area contributed by atoms with Gasteiger partial charge in [0.15, 0.2) is 5.96 Å². The van der Waals surface area contributed by atoms with Gasteiger partial charge in [0.25, 0.3) is 0 Å². The van der Waals surface area contributed by atoms with Crippen molar-refractivity contribution in [3.8, 4) is 0 Å². The number of piperidine rings is 1. The van der Waals surface area contributed by atoms with Crippen molar-refractivity contribution in [3.05, 3.63) is 22.4 Å². The Labute approximate surface area is 131 Å². The molecule has 2 unspecified atom stereocenters. The maximum atomic E-state index is 4.51. The number of guanidine groups is 1. The summed E-state index contributed by atoms with van der Waals surface area (Å²) in [6.07, 6.45) is 2.64. The standard InChI is InChI=1S/C16H26N4S/c1-12-5-7-20(8-6-12)14(15-4-3-9-21-15)11-18-16-17-10-13(2)19-16/h3-4,9,12-14H,5-8,10-11H2,1-2H3,(H2,17,18,19). The summed E-state index contributed by atoms with van der Waals surface area (Å²) in [6, 6.07) is 5.36. The van der Waals surface area contributed by atoms with Crippen LogP contribution >= 0.6 is 11.3 Å². The molecule has 1 fully saturated rings. The van der Waals surface area contributed by atoms with E-state index in [4.69, 9.17) is 0 Å². The van der Waals surface area contributed by atoms with Gasteiger partial charge in [0.05, 0.1) is 12.6 Å². The van der Waals surface area contributed by atoms with Crippen molar-refractivity contribution in [1.29, 1.82) is 0 Å². The van der Waals surface area contributed by atoms with Crippen molar-refractivity contribution >= 4 is 17.3 Å². The SMILES string of the molecule is CC1CCN(C(CNC2=NCC(C)N2)c2cccs2)CC1. The lowest BCUT2D eigenvalue weighted by atomic mass is 9.97. The molecule has 3 heterocycles. The zero-order valence-corrected chi connectivity index (χ0v) is 13.8. The minimum atomic E-state index is 0.462. The normalized spacial score (nSPS) is 25.4. The number of aliphatic imine (C=N–C) groups is 1. The highest BCUT2D eigenvalue weighted by Gasteiger charge is 2.26. The Morgan fingerprint density at radius 1 is 1.43 bits per heavy atom. The van der Waals surface area contributed by atoms with Gasteiger partial charge in [-0.3, -0.25) is 9.89 Å². The molecule has 0 amide bonds. The van der Waals surface area contributed by atoms with Crippen LogP contribution in [0.25, 0.3) is 0 Å². The summed E-state index contributed by atoms with van der Waals surface area (Å²) in [4.78, 5) is 8.60. The average molecular weight is 306 g/mol. The maximum Gasteiger partial charge on any atom is 0.191 e. The molecule has 5 heteroatoms. The summed E-state index contributed by atoms with van der Waals surface area (Å²) in [5.74, 6) is 1.84. The summed E-state index contributed by atoms with van der Waals surface area (Å²) < 4.78 is 0. The highest BCUT2D eigenvalue weighted by Crippen LogP contribution is 2.29. The van der Waals surface area contributed by atoms with E-state index in [-0.39, 0.29) is 0 Å². The number of nitrogens with zero attached hydrogens (tertiary/aromatic N) is 2. The molecule has 2 aliphatic rings. The summed E-state index contributed by atoms with van der Waals surface area (Å²) in [5, 5.41) is 9.08. The van der Waals surface area contributed by atoms with Crippen molar-refractivity contribution in [2.45, 2.75) is 38.8 Å². The Morgan fingerprint density at radius 2 is 2.24 bits per heavy atom. The predicted molar refractivity (Wildman–Crippen MR) is 89.9 cm³/mol. The Morgan fingerprint density at radius 3 is 2.86 bits per heavy atom. The van der Waals surface area contributed by atoms with Crippen LogP contribution in [0.15, 0.2) is 22.5 Å². The van der Waals surface area contributed by atoms with Crippen molar-refractivity contribution in [1.82, 2.24) is 15.5 Å². The first-order valence-corrected chi connectivity index (χ1v) is 8.92. The second kappa shape index (κ2) is 6.79. The number of likely N-dealkylation sites (tertiary alicyclic amines) is 1. The van der Waals surface area contributed by atoms with Gasteiger partial charge in [-0.15, -0.1) is 11.3 Å². The third-order valence-corrected chi connectivity index (χ3v) is 5.47. The van der Waals surface area contributed by atoms with Gasteiger partial charge >= 0.3 is 0 Å². The molecular weight excluding hydrogens is 280 g/mol. The number of thiophene rings is 1. The lowest BCUT2D eigenvalue weighted by molar-refractivity contribution is 0.140. The molecule has 3 rings (SSSR count). The molecule has 0 bridgehead atoms. The smallest absolute Gasteiger partial charge is 0.191 e. The van der Waals surface area contributed by atoms with Gasteiger partial charge in [0, 0.05) is 17.5 Å². The van der Waals surface area contributed by atoms with E-state index in [0.717, 1.165) is 25.0 Å². The van der Waals surface area contributed by atoms with Crippen molar-refractivity contribution in [2.75, 3.05) is 26.2 Å². The van der Waals surface area contributed by atoms with Gasteiger partial charge in [-0.25, -0.2) is 0 Å². The fraction of sp³-hybridized carbons (Fsp3) is 0.688. The molecule has 1 aromatic rings. The van der Waals surface area contributed by atoms with Gasteiger partial charge in [-0.05, 0) is 50.2 Å². The fourth-order valence-corrected chi connectivity index (χ4v) is 3.94. The molecule has 2 aliphatic heterocycles. The number of hydrogen-bond donors (Lipinski definition) is 2. The monoisotopic (exact) mass is 306 g/mol. The molecule has 1 aromatic heterocycles. The van der Waals surface area contributed by atoms with E-state index >= 15 is 0 Å². The molecular formula is C16H26N4S. The van der Waals surface area contributed by atoms with E-state index in [1.807, 2.05) is 11.3 Å². The Bertz CT molecular complexity index is 463. The van der Waals surface area contributed by atoms with Crippen molar-refractivity contribution < 1.29 is 0 Å². The van der Waals surface area contributed by atoms with Crippen LogP contribution in [0.1, 0.15) is 37.6 Å². The molecule has 2 N–H and O–H groups in total. The van der Waals surface area contributed by atoms with Crippen LogP contribution in [0.4, 0.5) is 0 Å². The molecule has 4 nitrogen and oxygen atoms in total. The fourth-order valence-electron chi connectivity index (χ4n) is 3.08. The first-order valence-electron chi connectivity index (χ1n) is 8.04. The lowest BCUT2D eigenvalue weighted by Crippen LogP contribution is -2.44. The maximum absolute atomic E-state index is 4.51. The summed E-state index contributed by atoms with van der Waals surface area (Å²) >= 11 is 1.87. The third-order valence-electron chi connectivity index (χ3n) is 4.50. The topological polar surface area (TPSA) is 39.7 Å². The van der Waals surface area contributed by atoms with E-state index in [1.165, 1.54) is 30.8 Å². The van der Waals surface area contributed by atoms with Gasteiger partial charge < -0.3 is 10.6 Å². The Hall–Kier alpha value is -1.07. The van der Waals surface area contributed by atoms with E-state index in [9.17, 15) is 0 Å². The summed E-state index contributed by atoms with van der Waals surface area (Å²) in [6.45, 7) is 8.78. The second-order valence-electron chi connectivity index (χ2n) is 6.37. The van der Waals surface area contributed by atoms with E-state index in [0.29, 0.717) is 12.1 Å². The molecule has 1 saturated heterocycles. The number of nitrogens with one attached hydrogen (secondary N) is 2. The van der Waals surface area contributed by atoms with Crippen LogP contribution < -0.4 is 10.6 Å². The predicted octanol–water partition coefficient (Wildman–Crippen LogP) is 2.46. The van der Waals surface area contributed by atoms with Crippen LogP contribution in [0.3, 0.4) is 0 Å². The largest absolute Gasteiger partial charge is 0.354 e. The Balaban J connectivity index is 1.62. The van der Waals surface area contributed by atoms with Gasteiger partial charge in [-0.1, -0.05) is 13.0 Å². The number of hydrogen-bond acceptors (Lipinski definition) is 5. The van der Waals surface area contributed by atoms with Gasteiger partial charge in [0.1, 0.15) is 0 Å². The zero-order chi connectivity index (χ0) is 14.7. The van der Waals surface area contributed by atoms with Gasteiger partial charge in [-0.2, -0.15) is 0 Å². The lowest BCUT2D eigenvalue weighted by Gasteiger charge is -2.36. The molecule has 0 spiro atoms. The molecule has 21 heavy (non-hydrogen) atoms. The molecule has 0 aliphatic carbocycles. The highest BCUT2D eigenvalue weighted by molar-refractivity contribution is 7.10. The molecule has 0 radical (unpaired) electrons. The first-order chi connectivity index (χ1) is 10.2. The van der Waals surface area contributed by atoms with E-state index < -0.39 is 0 Å². The summed E-state index contributed by atoms with van der Waals surface area (Å²) in [5.41, 5.74) is 0. The molecule has 2 atom stereocenters. The van der Waals surface area contributed by atoms with Crippen LogP contribution in [0, 0.1) is 5.92 Å². The average Bonchev–Trinajstić information content (AvgIpc) is 3.13. The van der Waals surface area contributed by atoms with Crippen LogP contribution in [-0.2, 0) is 0 Å². The first kappa shape index (κ1) is 14.9. The van der Waals surface area contributed by atoms with Crippen LogP contribution in [0.2, 0.25) is 0 Å². The minimum absolute atomic E-state index is 0.462. The van der Waals surface area contributed by atoms with E-state index in [2.05, 4.69) is 51.9 Å². The van der Waals surface area contributed by atoms with Crippen molar-refractivity contribution in [2.24, 2.45) is 10.9 Å².